The van der Waals surface area contributed by atoms with E-state index in [0.717, 1.165) is 11.8 Å². The Labute approximate surface area is 241 Å². The molecule has 1 aromatic carbocycles. The second-order valence-electron chi connectivity index (χ2n) is 10.4. The lowest BCUT2D eigenvalue weighted by molar-refractivity contribution is -0.131. The maximum absolute atomic E-state index is 15.7. The largest absolute Gasteiger partial charge is 0.403 e. The van der Waals surface area contributed by atoms with E-state index in [0.29, 0.717) is 53.4 Å². The third-order valence-electron chi connectivity index (χ3n) is 7.79. The van der Waals surface area contributed by atoms with Crippen molar-refractivity contribution in [2.45, 2.75) is 38.3 Å². The van der Waals surface area contributed by atoms with Crippen molar-refractivity contribution in [2.24, 2.45) is 11.5 Å². The van der Waals surface area contributed by atoms with Gasteiger partial charge in [0.25, 0.3) is 11.8 Å². The zero-order valence-corrected chi connectivity index (χ0v) is 23.5. The molecule has 2 aliphatic heterocycles. The summed E-state index contributed by atoms with van der Waals surface area (Å²) in [4.78, 5) is 38.3. The molecule has 1 saturated heterocycles. The highest BCUT2D eigenvalue weighted by atomic mass is 35.5. The highest BCUT2D eigenvalue weighted by molar-refractivity contribution is 6.30. The van der Waals surface area contributed by atoms with Crippen LogP contribution in [0.15, 0.2) is 54.6 Å². The Morgan fingerprint density at radius 3 is 2.66 bits per heavy atom. The SMILES string of the molecule is CCc1c(NC2CN(C(=O)/C(N)=C/N)C2)ncc2c1[C@@](C)(c1cccc(Cl)c1F)CN(c1ccc(CO)cn1)C2=O. The molecule has 2 amide bonds. The van der Waals surface area contributed by atoms with Gasteiger partial charge in [0.15, 0.2) is 0 Å². The fraction of sp³-hybridized carbons (Fsp3) is 0.310. The smallest absolute Gasteiger partial charge is 0.271 e. The lowest BCUT2D eigenvalue weighted by Crippen LogP contribution is -2.58. The standard InChI is InChI=1S/C29H31ClFN7O3/c1-3-18-24-19(11-35-26(18)36-17-12-37(13-17)28(41)22(33)9-32)27(40)38(23-8-7-16(14-39)10-34-23)15-29(24,2)20-5-4-6-21(30)25(20)31/h4-11,17,39H,3,12-15,32-33H2,1-2H3,(H,35,36)/b22-9-/t29-/m1/s1. The van der Waals surface area contributed by atoms with Crippen LogP contribution in [-0.2, 0) is 23.2 Å². The molecular weight excluding hydrogens is 549 g/mol. The lowest BCUT2D eigenvalue weighted by Gasteiger charge is -2.44. The first-order valence-corrected chi connectivity index (χ1v) is 13.6. The number of aliphatic hydroxyl groups is 1. The monoisotopic (exact) mass is 579 g/mol. The van der Waals surface area contributed by atoms with Crippen LogP contribution in [-0.4, -0.2) is 57.5 Å². The van der Waals surface area contributed by atoms with Gasteiger partial charge in [0, 0.05) is 49.2 Å². The van der Waals surface area contributed by atoms with E-state index in [1.54, 1.807) is 29.2 Å². The molecule has 6 N–H and O–H groups in total. The van der Waals surface area contributed by atoms with Crippen molar-refractivity contribution in [2.75, 3.05) is 29.9 Å². The first-order valence-electron chi connectivity index (χ1n) is 13.2. The molecule has 1 fully saturated rings. The Hall–Kier alpha value is -4.22. The number of benzene rings is 1. The van der Waals surface area contributed by atoms with Crippen molar-refractivity contribution in [1.29, 1.82) is 0 Å². The van der Waals surface area contributed by atoms with Crippen molar-refractivity contribution in [3.8, 4) is 0 Å². The van der Waals surface area contributed by atoms with Crippen molar-refractivity contribution in [1.82, 2.24) is 14.9 Å². The van der Waals surface area contributed by atoms with Crippen LogP contribution >= 0.6 is 11.6 Å². The zero-order chi connectivity index (χ0) is 29.5. The van der Waals surface area contributed by atoms with Crippen LogP contribution in [0.4, 0.5) is 16.0 Å². The summed E-state index contributed by atoms with van der Waals surface area (Å²) in [6.07, 6.45) is 4.59. The second kappa shape index (κ2) is 11.0. The number of nitrogens with two attached hydrogens (primary N) is 2. The number of halogens is 2. The molecule has 41 heavy (non-hydrogen) atoms. The van der Waals surface area contributed by atoms with Gasteiger partial charge in [0.2, 0.25) is 0 Å². The van der Waals surface area contributed by atoms with Gasteiger partial charge in [-0.1, -0.05) is 36.7 Å². The van der Waals surface area contributed by atoms with Gasteiger partial charge in [-0.05, 0) is 42.2 Å². The quantitative estimate of drug-likeness (QED) is 0.312. The highest BCUT2D eigenvalue weighted by Gasteiger charge is 2.46. The molecule has 4 heterocycles. The predicted molar refractivity (Wildman–Crippen MR) is 154 cm³/mol. The minimum atomic E-state index is -1.03. The number of hydrogen-bond acceptors (Lipinski definition) is 8. The molecule has 10 nitrogen and oxygen atoms in total. The molecule has 0 spiro atoms. The summed E-state index contributed by atoms with van der Waals surface area (Å²) in [7, 11) is 0. The van der Waals surface area contributed by atoms with Crippen molar-refractivity contribution < 1.29 is 19.1 Å². The highest BCUT2D eigenvalue weighted by Crippen LogP contribution is 2.45. The summed E-state index contributed by atoms with van der Waals surface area (Å²) in [6.45, 7) is 4.55. The van der Waals surface area contributed by atoms with Gasteiger partial charge in [-0.3, -0.25) is 14.5 Å². The second-order valence-corrected chi connectivity index (χ2v) is 10.8. The molecular formula is C29H31ClFN7O3. The number of hydrogen-bond donors (Lipinski definition) is 4. The number of nitrogens with zero attached hydrogens (tertiary/aromatic N) is 4. The first-order chi connectivity index (χ1) is 19.6. The van der Waals surface area contributed by atoms with Crippen LogP contribution in [0.3, 0.4) is 0 Å². The molecule has 2 aliphatic rings. The molecule has 12 heteroatoms. The number of rotatable bonds is 7. The van der Waals surface area contributed by atoms with Gasteiger partial charge in [-0.15, -0.1) is 0 Å². The number of amides is 2. The van der Waals surface area contributed by atoms with Gasteiger partial charge in [0.05, 0.1) is 23.2 Å². The minimum Gasteiger partial charge on any atom is -0.403 e. The van der Waals surface area contributed by atoms with Gasteiger partial charge in [-0.25, -0.2) is 14.4 Å². The Morgan fingerprint density at radius 2 is 2.02 bits per heavy atom. The van der Waals surface area contributed by atoms with Gasteiger partial charge in [0.1, 0.15) is 23.1 Å². The van der Waals surface area contributed by atoms with E-state index in [2.05, 4.69) is 15.3 Å². The molecule has 0 saturated carbocycles. The molecule has 0 unspecified atom stereocenters. The Kier molecular flexibility index (Phi) is 7.58. The molecule has 0 bridgehead atoms. The Morgan fingerprint density at radius 1 is 1.27 bits per heavy atom. The van der Waals surface area contributed by atoms with Crippen LogP contribution in [0, 0.1) is 5.82 Å². The van der Waals surface area contributed by atoms with E-state index < -0.39 is 11.2 Å². The van der Waals surface area contributed by atoms with E-state index in [1.165, 1.54) is 23.4 Å². The van der Waals surface area contributed by atoms with E-state index in [1.807, 2.05) is 13.8 Å². The topological polar surface area (TPSA) is 151 Å². The summed E-state index contributed by atoms with van der Waals surface area (Å²) in [5, 5.41) is 12.8. The number of likely N-dealkylation sites (tertiary alicyclic amines) is 1. The number of aliphatic hydroxyl groups excluding tert-OH is 1. The number of carbonyl (C=O) groups excluding carboxylic acids is 2. The molecule has 1 atom stereocenters. The van der Waals surface area contributed by atoms with E-state index in [-0.39, 0.29) is 41.7 Å². The van der Waals surface area contributed by atoms with Crippen LogP contribution in [0.25, 0.3) is 0 Å². The van der Waals surface area contributed by atoms with E-state index in [4.69, 9.17) is 23.1 Å². The van der Waals surface area contributed by atoms with E-state index >= 15 is 4.39 Å². The van der Waals surface area contributed by atoms with Gasteiger partial charge < -0.3 is 26.8 Å². The van der Waals surface area contributed by atoms with Crippen molar-refractivity contribution in [3.05, 3.63) is 93.3 Å². The zero-order valence-electron chi connectivity index (χ0n) is 22.7. The number of anilines is 2. The molecule has 3 aromatic rings. The Bertz CT molecular complexity index is 1540. The number of carbonyl (C=O) groups is 2. The molecule has 2 aromatic heterocycles. The number of pyridine rings is 2. The summed E-state index contributed by atoms with van der Waals surface area (Å²) < 4.78 is 15.7. The van der Waals surface area contributed by atoms with E-state index in [9.17, 15) is 14.7 Å². The summed E-state index contributed by atoms with van der Waals surface area (Å²) in [5.74, 6) is -0.284. The third-order valence-corrected chi connectivity index (χ3v) is 8.08. The number of fused-ring (bicyclic) bond motifs is 1. The molecule has 5 rings (SSSR count). The molecule has 0 radical (unpaired) electrons. The van der Waals surface area contributed by atoms with Crippen LogP contribution in [0.1, 0.15) is 46.5 Å². The maximum atomic E-state index is 15.7. The number of aromatic nitrogens is 2. The third kappa shape index (κ3) is 4.85. The summed E-state index contributed by atoms with van der Waals surface area (Å²) >= 11 is 6.24. The normalized spacial score (nSPS) is 19.1. The van der Waals surface area contributed by atoms with Crippen molar-refractivity contribution in [3.63, 3.8) is 0 Å². The lowest BCUT2D eigenvalue weighted by atomic mass is 9.69. The Balaban J connectivity index is 1.59. The van der Waals surface area contributed by atoms with Gasteiger partial charge >= 0.3 is 0 Å². The average Bonchev–Trinajstić information content (AvgIpc) is 2.96. The average molecular weight is 580 g/mol. The fourth-order valence-electron chi connectivity index (χ4n) is 5.61. The van der Waals surface area contributed by atoms with Crippen LogP contribution < -0.4 is 21.7 Å². The van der Waals surface area contributed by atoms with Crippen LogP contribution in [0.2, 0.25) is 5.02 Å². The minimum absolute atomic E-state index is 0.0189. The summed E-state index contributed by atoms with van der Waals surface area (Å²) in [6, 6.07) is 8.10. The van der Waals surface area contributed by atoms with Crippen LogP contribution in [0.5, 0.6) is 0 Å². The predicted octanol–water partition coefficient (Wildman–Crippen LogP) is 2.67. The van der Waals surface area contributed by atoms with Crippen molar-refractivity contribution >= 4 is 35.1 Å². The fourth-order valence-corrected chi connectivity index (χ4v) is 5.79. The molecule has 214 valence electrons. The maximum Gasteiger partial charge on any atom is 0.271 e. The van der Waals surface area contributed by atoms with Gasteiger partial charge in [-0.2, -0.15) is 0 Å². The number of nitrogens with one attached hydrogen (secondary N) is 1. The summed E-state index contributed by atoms with van der Waals surface area (Å²) in [5.41, 5.74) is 12.7. The first kappa shape index (κ1) is 28.3. The molecule has 0 aliphatic carbocycles.